The molecule has 0 radical (unpaired) electrons. The fraction of sp³-hybridized carbons (Fsp3) is 0.533. The molecule has 2 aliphatic heterocycles. The maximum Gasteiger partial charge on any atom is 0.221 e. The Morgan fingerprint density at radius 1 is 1.06 bits per heavy atom. The van der Waals surface area contributed by atoms with E-state index in [2.05, 4.69) is 40.5 Å². The van der Waals surface area contributed by atoms with Gasteiger partial charge in [-0.3, -0.25) is 9.69 Å². The lowest BCUT2D eigenvalue weighted by Gasteiger charge is -2.35. The van der Waals surface area contributed by atoms with Crippen LogP contribution in [0.15, 0.2) is 30.3 Å². The van der Waals surface area contributed by atoms with E-state index < -0.39 is 0 Å². The Bertz CT molecular complexity index is 410. The van der Waals surface area contributed by atoms with Gasteiger partial charge in [0.2, 0.25) is 5.91 Å². The van der Waals surface area contributed by atoms with Crippen molar-refractivity contribution in [3.8, 4) is 0 Å². The monoisotopic (exact) mass is 244 g/mol. The van der Waals surface area contributed by atoms with E-state index in [0.29, 0.717) is 18.5 Å². The van der Waals surface area contributed by atoms with Gasteiger partial charge in [0.05, 0.1) is 6.17 Å². The van der Waals surface area contributed by atoms with Crippen LogP contribution in [0.5, 0.6) is 0 Å². The molecule has 96 valence electrons. The van der Waals surface area contributed by atoms with E-state index in [0.717, 1.165) is 19.5 Å². The first-order valence-corrected chi connectivity index (χ1v) is 6.91. The Balaban J connectivity index is 1.57. The number of hydrogen-bond acceptors (Lipinski definition) is 2. The maximum absolute atomic E-state index is 11.2. The highest BCUT2D eigenvalue weighted by Crippen LogP contribution is 2.29. The van der Waals surface area contributed by atoms with Crippen molar-refractivity contribution in [2.45, 2.75) is 37.8 Å². The van der Waals surface area contributed by atoms with E-state index in [1.54, 1.807) is 0 Å². The van der Waals surface area contributed by atoms with Crippen molar-refractivity contribution >= 4 is 5.91 Å². The molecule has 2 fully saturated rings. The van der Waals surface area contributed by atoms with Gasteiger partial charge in [-0.2, -0.15) is 0 Å². The SMILES string of the molecule is O=C1CCC(N2CCC(c3ccccc3)CC2)N1. The van der Waals surface area contributed by atoms with Crippen molar-refractivity contribution in [2.24, 2.45) is 0 Å². The first-order valence-electron chi connectivity index (χ1n) is 6.91. The minimum Gasteiger partial charge on any atom is -0.341 e. The second-order valence-corrected chi connectivity index (χ2v) is 5.34. The maximum atomic E-state index is 11.2. The quantitative estimate of drug-likeness (QED) is 0.864. The second-order valence-electron chi connectivity index (χ2n) is 5.34. The van der Waals surface area contributed by atoms with Gasteiger partial charge < -0.3 is 5.32 Å². The van der Waals surface area contributed by atoms with Gasteiger partial charge in [0.25, 0.3) is 0 Å². The summed E-state index contributed by atoms with van der Waals surface area (Å²) in [5.41, 5.74) is 1.47. The third-order valence-electron chi connectivity index (χ3n) is 4.21. The molecule has 0 bridgehead atoms. The molecule has 1 unspecified atom stereocenters. The minimum atomic E-state index is 0.213. The third-order valence-corrected chi connectivity index (χ3v) is 4.21. The van der Waals surface area contributed by atoms with Gasteiger partial charge in [0, 0.05) is 19.5 Å². The topological polar surface area (TPSA) is 32.3 Å². The van der Waals surface area contributed by atoms with E-state index in [4.69, 9.17) is 0 Å². The molecule has 0 aliphatic carbocycles. The van der Waals surface area contributed by atoms with Crippen molar-refractivity contribution in [2.75, 3.05) is 13.1 Å². The highest BCUT2D eigenvalue weighted by Gasteiger charge is 2.30. The number of benzene rings is 1. The van der Waals surface area contributed by atoms with Crippen molar-refractivity contribution in [3.63, 3.8) is 0 Å². The van der Waals surface area contributed by atoms with Crippen LogP contribution in [0.25, 0.3) is 0 Å². The third kappa shape index (κ3) is 2.41. The molecule has 1 N–H and O–H groups in total. The summed E-state index contributed by atoms with van der Waals surface area (Å²) >= 11 is 0. The molecule has 1 aromatic carbocycles. The molecule has 1 amide bonds. The molecular weight excluding hydrogens is 224 g/mol. The second kappa shape index (κ2) is 5.11. The zero-order valence-corrected chi connectivity index (χ0v) is 10.6. The lowest BCUT2D eigenvalue weighted by Crippen LogP contribution is -2.46. The van der Waals surface area contributed by atoms with Crippen LogP contribution in [0.4, 0.5) is 0 Å². The van der Waals surface area contributed by atoms with Crippen LogP contribution in [0.1, 0.15) is 37.2 Å². The van der Waals surface area contributed by atoms with Crippen LogP contribution >= 0.6 is 0 Å². The van der Waals surface area contributed by atoms with Gasteiger partial charge in [-0.05, 0) is 30.7 Å². The number of rotatable bonds is 2. The summed E-state index contributed by atoms with van der Waals surface area (Å²) in [5, 5.41) is 3.07. The summed E-state index contributed by atoms with van der Waals surface area (Å²) in [6.07, 6.45) is 4.39. The zero-order chi connectivity index (χ0) is 12.4. The van der Waals surface area contributed by atoms with Crippen LogP contribution in [0.2, 0.25) is 0 Å². The zero-order valence-electron chi connectivity index (χ0n) is 10.6. The number of nitrogens with one attached hydrogen (secondary N) is 1. The van der Waals surface area contributed by atoms with Crippen LogP contribution in [0.3, 0.4) is 0 Å². The molecular formula is C15H20N2O. The Labute approximate surface area is 108 Å². The highest BCUT2D eigenvalue weighted by molar-refractivity contribution is 5.78. The Morgan fingerprint density at radius 2 is 1.78 bits per heavy atom. The highest BCUT2D eigenvalue weighted by atomic mass is 16.2. The molecule has 2 heterocycles. The van der Waals surface area contributed by atoms with Crippen molar-refractivity contribution in [1.29, 1.82) is 0 Å². The molecule has 3 heteroatoms. The first kappa shape index (κ1) is 11.7. The molecule has 3 nitrogen and oxygen atoms in total. The lowest BCUT2D eigenvalue weighted by atomic mass is 9.89. The average Bonchev–Trinajstić information content (AvgIpc) is 2.87. The van der Waals surface area contributed by atoms with Crippen LogP contribution in [-0.4, -0.2) is 30.1 Å². The fourth-order valence-corrected chi connectivity index (χ4v) is 3.14. The van der Waals surface area contributed by atoms with E-state index in [1.165, 1.54) is 18.4 Å². The first-order chi connectivity index (χ1) is 8.83. The summed E-state index contributed by atoms with van der Waals surface area (Å²) in [5.74, 6) is 0.907. The number of carbonyl (C=O) groups is 1. The van der Waals surface area contributed by atoms with Crippen LogP contribution in [-0.2, 0) is 4.79 Å². The van der Waals surface area contributed by atoms with Crippen molar-refractivity contribution in [1.82, 2.24) is 10.2 Å². The Hall–Kier alpha value is -1.35. The Kier molecular flexibility index (Phi) is 3.33. The summed E-state index contributed by atoms with van der Waals surface area (Å²) in [6, 6.07) is 10.8. The summed E-state index contributed by atoms with van der Waals surface area (Å²) in [6.45, 7) is 2.20. The van der Waals surface area contributed by atoms with Crippen molar-refractivity contribution < 1.29 is 4.79 Å². The number of piperidine rings is 1. The van der Waals surface area contributed by atoms with Crippen molar-refractivity contribution in [3.05, 3.63) is 35.9 Å². The van der Waals surface area contributed by atoms with E-state index in [1.807, 2.05) is 0 Å². The molecule has 1 aromatic rings. The van der Waals surface area contributed by atoms with Crippen LogP contribution < -0.4 is 5.32 Å². The number of hydrogen-bond donors (Lipinski definition) is 1. The van der Waals surface area contributed by atoms with E-state index in [9.17, 15) is 4.79 Å². The summed E-state index contributed by atoms with van der Waals surface area (Å²) in [4.78, 5) is 13.7. The molecule has 2 aliphatic rings. The minimum absolute atomic E-state index is 0.213. The molecule has 0 spiro atoms. The lowest BCUT2D eigenvalue weighted by molar-refractivity contribution is -0.119. The fourth-order valence-electron chi connectivity index (χ4n) is 3.14. The molecule has 0 saturated carbocycles. The number of likely N-dealkylation sites (tertiary alicyclic amines) is 1. The van der Waals surface area contributed by atoms with E-state index >= 15 is 0 Å². The molecule has 0 aromatic heterocycles. The molecule has 3 rings (SSSR count). The standard InChI is InChI=1S/C15H20N2O/c18-15-7-6-14(16-15)17-10-8-13(9-11-17)12-4-2-1-3-5-12/h1-5,13-14H,6-11H2,(H,16,18). The van der Waals surface area contributed by atoms with Gasteiger partial charge in [-0.15, -0.1) is 0 Å². The normalized spacial score (nSPS) is 26.2. The van der Waals surface area contributed by atoms with Gasteiger partial charge in [-0.1, -0.05) is 30.3 Å². The molecule has 1 atom stereocenters. The van der Waals surface area contributed by atoms with Crippen LogP contribution in [0, 0.1) is 0 Å². The predicted molar refractivity (Wildman–Crippen MR) is 71.2 cm³/mol. The number of amides is 1. The largest absolute Gasteiger partial charge is 0.341 e. The predicted octanol–water partition coefficient (Wildman–Crippen LogP) is 2.10. The smallest absolute Gasteiger partial charge is 0.221 e. The van der Waals surface area contributed by atoms with Gasteiger partial charge in [-0.25, -0.2) is 0 Å². The summed E-state index contributed by atoms with van der Waals surface area (Å²) < 4.78 is 0. The Morgan fingerprint density at radius 3 is 2.39 bits per heavy atom. The number of carbonyl (C=O) groups excluding carboxylic acids is 1. The van der Waals surface area contributed by atoms with E-state index in [-0.39, 0.29) is 5.91 Å². The number of nitrogens with zero attached hydrogens (tertiary/aromatic N) is 1. The van der Waals surface area contributed by atoms with Gasteiger partial charge in [0.1, 0.15) is 0 Å². The summed E-state index contributed by atoms with van der Waals surface area (Å²) in [7, 11) is 0. The van der Waals surface area contributed by atoms with Gasteiger partial charge >= 0.3 is 0 Å². The molecule has 2 saturated heterocycles. The average molecular weight is 244 g/mol. The molecule has 18 heavy (non-hydrogen) atoms. The van der Waals surface area contributed by atoms with Gasteiger partial charge in [0.15, 0.2) is 0 Å².